The van der Waals surface area contributed by atoms with Crippen LogP contribution in [0.25, 0.3) is 0 Å². The lowest BCUT2D eigenvalue weighted by Gasteiger charge is -2.32. The van der Waals surface area contributed by atoms with Crippen LogP contribution < -0.4 is 5.32 Å². The van der Waals surface area contributed by atoms with Crippen molar-refractivity contribution in [2.75, 3.05) is 25.0 Å². The Balaban J connectivity index is 2.00. The molecular formula is C13H17BrCl2N2. The van der Waals surface area contributed by atoms with Crippen molar-refractivity contribution >= 4 is 44.8 Å². The molecular weight excluding hydrogens is 335 g/mol. The van der Waals surface area contributed by atoms with Crippen LogP contribution in [0.4, 0.5) is 5.69 Å². The number of nitrogens with zero attached hydrogens (tertiary/aromatic N) is 1. The van der Waals surface area contributed by atoms with E-state index in [2.05, 4.69) is 33.1 Å². The molecule has 0 atom stereocenters. The molecule has 0 amide bonds. The minimum atomic E-state index is 0.488. The minimum Gasteiger partial charge on any atom is -0.381 e. The molecule has 100 valence electrons. The van der Waals surface area contributed by atoms with Gasteiger partial charge in [-0.3, -0.25) is 0 Å². The summed E-state index contributed by atoms with van der Waals surface area (Å²) in [5, 5.41) is 4.68. The summed E-state index contributed by atoms with van der Waals surface area (Å²) in [6.45, 7) is 5.64. The summed E-state index contributed by atoms with van der Waals surface area (Å²) in [7, 11) is 0. The van der Waals surface area contributed by atoms with Crippen LogP contribution in [-0.4, -0.2) is 30.6 Å². The smallest absolute Gasteiger partial charge is 0.0835 e. The molecule has 0 aliphatic carbocycles. The molecule has 5 heteroatoms. The Hall–Kier alpha value is 0.0400. The molecule has 18 heavy (non-hydrogen) atoms. The monoisotopic (exact) mass is 350 g/mol. The number of likely N-dealkylation sites (tertiary alicyclic amines) is 1. The summed E-state index contributed by atoms with van der Waals surface area (Å²) in [5.74, 6) is 0. The Labute approximate surface area is 127 Å². The highest BCUT2D eigenvalue weighted by Gasteiger charge is 2.19. The van der Waals surface area contributed by atoms with Gasteiger partial charge in [0.2, 0.25) is 0 Å². The Kier molecular flexibility index (Phi) is 5.19. The van der Waals surface area contributed by atoms with Crippen LogP contribution in [0.1, 0.15) is 19.8 Å². The van der Waals surface area contributed by atoms with Crippen molar-refractivity contribution in [1.82, 2.24) is 4.90 Å². The molecule has 1 fully saturated rings. The SMILES string of the molecule is CCN1CCC(Nc2ccc(Br)c(Cl)c2Cl)CC1. The minimum absolute atomic E-state index is 0.488. The summed E-state index contributed by atoms with van der Waals surface area (Å²) < 4.78 is 0.834. The van der Waals surface area contributed by atoms with Crippen LogP contribution in [0.5, 0.6) is 0 Å². The summed E-state index contributed by atoms with van der Waals surface area (Å²) in [5.41, 5.74) is 0.930. The number of hydrogen-bond donors (Lipinski definition) is 1. The van der Waals surface area contributed by atoms with Crippen LogP contribution >= 0.6 is 39.1 Å². The molecule has 1 heterocycles. The molecule has 1 N–H and O–H groups in total. The number of halogens is 3. The second-order valence-electron chi connectivity index (χ2n) is 4.58. The maximum absolute atomic E-state index is 6.24. The molecule has 1 aromatic rings. The van der Waals surface area contributed by atoms with E-state index >= 15 is 0 Å². The first kappa shape index (κ1) is 14.4. The Bertz CT molecular complexity index is 418. The third-order valence-corrected chi connectivity index (χ3v) is 5.20. The predicted octanol–water partition coefficient (Wildman–Crippen LogP) is 4.65. The van der Waals surface area contributed by atoms with Crippen molar-refractivity contribution in [3.05, 3.63) is 26.7 Å². The number of nitrogens with one attached hydrogen (secondary N) is 1. The van der Waals surface area contributed by atoms with Crippen LogP contribution in [0.3, 0.4) is 0 Å². The van der Waals surface area contributed by atoms with Crippen molar-refractivity contribution in [2.45, 2.75) is 25.8 Å². The maximum atomic E-state index is 6.24. The maximum Gasteiger partial charge on any atom is 0.0835 e. The van der Waals surface area contributed by atoms with Crippen LogP contribution in [0.2, 0.25) is 10.0 Å². The molecule has 0 radical (unpaired) electrons. The highest BCUT2D eigenvalue weighted by molar-refractivity contribution is 9.10. The summed E-state index contributed by atoms with van der Waals surface area (Å²) in [4.78, 5) is 2.47. The third kappa shape index (κ3) is 3.32. The number of benzene rings is 1. The predicted molar refractivity (Wildman–Crippen MR) is 82.9 cm³/mol. The largest absolute Gasteiger partial charge is 0.381 e. The highest BCUT2D eigenvalue weighted by atomic mass is 79.9. The van der Waals surface area contributed by atoms with E-state index in [9.17, 15) is 0 Å². The van der Waals surface area contributed by atoms with E-state index in [0.717, 1.165) is 42.6 Å². The van der Waals surface area contributed by atoms with Gasteiger partial charge in [-0.15, -0.1) is 0 Å². The standard InChI is InChI=1S/C13H17BrCl2N2/c1-2-18-7-5-9(6-8-18)17-11-4-3-10(14)12(15)13(11)16/h3-4,9,17H,2,5-8H2,1H3. The highest BCUT2D eigenvalue weighted by Crippen LogP contribution is 2.36. The van der Waals surface area contributed by atoms with Crippen molar-refractivity contribution in [3.8, 4) is 0 Å². The van der Waals surface area contributed by atoms with Gasteiger partial charge in [-0.25, -0.2) is 0 Å². The van der Waals surface area contributed by atoms with E-state index in [4.69, 9.17) is 23.2 Å². The molecule has 0 unspecified atom stereocenters. The van der Waals surface area contributed by atoms with Crippen molar-refractivity contribution in [3.63, 3.8) is 0 Å². The fraction of sp³-hybridized carbons (Fsp3) is 0.538. The number of piperidine rings is 1. The van der Waals surface area contributed by atoms with E-state index in [-0.39, 0.29) is 0 Å². The zero-order chi connectivity index (χ0) is 13.1. The second-order valence-corrected chi connectivity index (χ2v) is 6.19. The van der Waals surface area contributed by atoms with Gasteiger partial charge in [0, 0.05) is 23.6 Å². The molecule has 2 rings (SSSR count). The normalized spacial score (nSPS) is 18.0. The first-order chi connectivity index (χ1) is 8.61. The van der Waals surface area contributed by atoms with Gasteiger partial charge in [-0.2, -0.15) is 0 Å². The summed E-state index contributed by atoms with van der Waals surface area (Å²) in [6.07, 6.45) is 2.30. The van der Waals surface area contributed by atoms with E-state index in [0.29, 0.717) is 16.1 Å². The Morgan fingerprint density at radius 3 is 2.56 bits per heavy atom. The molecule has 1 aliphatic rings. The van der Waals surface area contributed by atoms with Gasteiger partial charge in [0.1, 0.15) is 0 Å². The van der Waals surface area contributed by atoms with E-state index in [1.54, 1.807) is 0 Å². The van der Waals surface area contributed by atoms with Gasteiger partial charge in [0.05, 0.1) is 15.7 Å². The van der Waals surface area contributed by atoms with Crippen molar-refractivity contribution in [1.29, 1.82) is 0 Å². The van der Waals surface area contributed by atoms with Gasteiger partial charge in [-0.05, 0) is 47.4 Å². The van der Waals surface area contributed by atoms with Gasteiger partial charge in [0.25, 0.3) is 0 Å². The molecule has 0 saturated carbocycles. The molecule has 0 bridgehead atoms. The van der Waals surface area contributed by atoms with Gasteiger partial charge in [0.15, 0.2) is 0 Å². The molecule has 2 nitrogen and oxygen atoms in total. The van der Waals surface area contributed by atoms with Gasteiger partial charge < -0.3 is 10.2 Å². The lowest BCUT2D eigenvalue weighted by atomic mass is 10.0. The van der Waals surface area contributed by atoms with Crippen LogP contribution in [0, 0.1) is 0 Å². The van der Waals surface area contributed by atoms with E-state index in [1.807, 2.05) is 12.1 Å². The topological polar surface area (TPSA) is 15.3 Å². The fourth-order valence-electron chi connectivity index (χ4n) is 2.25. The molecule has 0 aromatic heterocycles. The van der Waals surface area contributed by atoms with E-state index in [1.165, 1.54) is 0 Å². The average molecular weight is 352 g/mol. The molecule has 0 spiro atoms. The summed E-state index contributed by atoms with van der Waals surface area (Å²) in [6, 6.07) is 4.39. The molecule has 1 aromatic carbocycles. The van der Waals surface area contributed by atoms with Gasteiger partial charge in [-0.1, -0.05) is 30.1 Å². The second kappa shape index (κ2) is 6.47. The summed E-state index contributed by atoms with van der Waals surface area (Å²) >= 11 is 15.7. The van der Waals surface area contributed by atoms with Crippen LogP contribution in [0.15, 0.2) is 16.6 Å². The molecule has 1 aliphatic heterocycles. The zero-order valence-electron chi connectivity index (χ0n) is 10.3. The lowest BCUT2D eigenvalue weighted by Crippen LogP contribution is -2.38. The van der Waals surface area contributed by atoms with E-state index < -0.39 is 0 Å². The number of hydrogen-bond acceptors (Lipinski definition) is 2. The molecule has 1 saturated heterocycles. The third-order valence-electron chi connectivity index (χ3n) is 3.43. The van der Waals surface area contributed by atoms with Crippen molar-refractivity contribution in [2.24, 2.45) is 0 Å². The fourth-order valence-corrected chi connectivity index (χ4v) is 3.08. The average Bonchev–Trinajstić information content (AvgIpc) is 2.40. The van der Waals surface area contributed by atoms with Crippen molar-refractivity contribution < 1.29 is 0 Å². The first-order valence-electron chi connectivity index (χ1n) is 6.24. The first-order valence-corrected chi connectivity index (χ1v) is 7.79. The lowest BCUT2D eigenvalue weighted by molar-refractivity contribution is 0.229. The van der Waals surface area contributed by atoms with Crippen LogP contribution in [-0.2, 0) is 0 Å². The number of rotatable bonds is 3. The zero-order valence-corrected chi connectivity index (χ0v) is 13.4. The number of anilines is 1. The Morgan fingerprint density at radius 1 is 1.28 bits per heavy atom. The Morgan fingerprint density at radius 2 is 1.94 bits per heavy atom. The quantitative estimate of drug-likeness (QED) is 0.797. The van der Waals surface area contributed by atoms with Gasteiger partial charge >= 0.3 is 0 Å².